The molecule has 0 aliphatic rings. The molecular weight excluding hydrogens is 286 g/mol. The summed E-state index contributed by atoms with van der Waals surface area (Å²) in [5.74, 6) is -0.142. The van der Waals surface area contributed by atoms with Gasteiger partial charge in [0, 0.05) is 5.56 Å². The van der Waals surface area contributed by atoms with Gasteiger partial charge in [-0.2, -0.15) is 0 Å². The second kappa shape index (κ2) is 7.77. The summed E-state index contributed by atoms with van der Waals surface area (Å²) >= 11 is 0. The third-order valence-corrected chi connectivity index (χ3v) is 3.61. The summed E-state index contributed by atoms with van der Waals surface area (Å²) in [5, 5.41) is 0. The first-order chi connectivity index (χ1) is 9.07. The minimum absolute atomic E-state index is 0. The Bertz CT molecular complexity index is 601. The van der Waals surface area contributed by atoms with Gasteiger partial charge >= 0.3 is 37.2 Å². The van der Waals surface area contributed by atoms with Crippen molar-refractivity contribution < 1.29 is 18.8 Å². The Morgan fingerprint density at radius 3 is 2.05 bits per heavy atom. The van der Waals surface area contributed by atoms with Gasteiger partial charge in [-0.3, -0.25) is 4.79 Å². The van der Waals surface area contributed by atoms with E-state index in [4.69, 9.17) is 4.52 Å². The zero-order chi connectivity index (χ0) is 13.7. The molecule has 4 nitrogen and oxygen atoms in total. The molecular formula is C14H14NaO4P. The molecule has 2 rings (SSSR count). The van der Waals surface area contributed by atoms with Crippen molar-refractivity contribution >= 4 is 42.9 Å². The molecule has 0 saturated heterocycles. The molecule has 0 saturated carbocycles. The number of carbonyl (C=O) groups excluding carboxylic acids is 1. The molecule has 0 aliphatic heterocycles. The number of hydrogen-bond donors (Lipinski definition) is 1. The average Bonchev–Trinajstić information content (AvgIpc) is 2.39. The second-order valence-electron chi connectivity index (χ2n) is 3.99. The van der Waals surface area contributed by atoms with Gasteiger partial charge in [-0.25, -0.2) is 4.57 Å². The predicted octanol–water partition coefficient (Wildman–Crippen LogP) is 2.49. The standard InChI is InChI=1S/C14H13O4P.Na.H/c15-14(12-7-3-1-4-8-12)11-19(16,17)18-13-9-5-2-6-10-13;;/h1-10H,11H2,(H,16,17);;. The predicted molar refractivity (Wildman–Crippen MR) is 79.7 cm³/mol. The van der Waals surface area contributed by atoms with Gasteiger partial charge in [-0.05, 0) is 12.1 Å². The summed E-state index contributed by atoms with van der Waals surface area (Å²) in [5.41, 5.74) is 0.397. The number of para-hydroxylation sites is 1. The van der Waals surface area contributed by atoms with Crippen molar-refractivity contribution in [2.45, 2.75) is 0 Å². The fraction of sp³-hybridized carbons (Fsp3) is 0.0714. The number of Topliss-reactive ketones (excluding diaryl/α,β-unsaturated/α-hetero) is 1. The summed E-state index contributed by atoms with van der Waals surface area (Å²) in [7, 11) is -3.99. The number of rotatable bonds is 5. The molecule has 0 aromatic heterocycles. The van der Waals surface area contributed by atoms with Crippen LogP contribution in [0.5, 0.6) is 5.75 Å². The SMILES string of the molecule is O=C(CP(=O)(O)Oc1ccccc1)c1ccccc1.[NaH]. The molecule has 2 aromatic rings. The van der Waals surface area contributed by atoms with Gasteiger partial charge in [0.2, 0.25) is 0 Å². The molecule has 0 radical (unpaired) electrons. The monoisotopic (exact) mass is 300 g/mol. The van der Waals surface area contributed by atoms with E-state index in [2.05, 4.69) is 0 Å². The third kappa shape index (κ3) is 5.23. The van der Waals surface area contributed by atoms with E-state index < -0.39 is 19.5 Å². The van der Waals surface area contributed by atoms with E-state index in [0.717, 1.165) is 0 Å². The minimum atomic E-state index is -3.99. The summed E-state index contributed by atoms with van der Waals surface area (Å²) in [4.78, 5) is 21.6. The van der Waals surface area contributed by atoms with Crippen LogP contribution in [0.2, 0.25) is 0 Å². The number of ketones is 1. The van der Waals surface area contributed by atoms with E-state index in [9.17, 15) is 14.3 Å². The van der Waals surface area contributed by atoms with Crippen molar-refractivity contribution in [1.82, 2.24) is 0 Å². The van der Waals surface area contributed by atoms with Gasteiger partial charge in [0.15, 0.2) is 5.78 Å². The number of hydrogen-bond acceptors (Lipinski definition) is 3. The molecule has 2 aromatic carbocycles. The molecule has 0 bridgehead atoms. The maximum atomic E-state index is 11.9. The van der Waals surface area contributed by atoms with Crippen LogP contribution in [0.3, 0.4) is 0 Å². The Morgan fingerprint density at radius 1 is 1.00 bits per heavy atom. The van der Waals surface area contributed by atoms with Crippen molar-refractivity contribution in [1.29, 1.82) is 0 Å². The van der Waals surface area contributed by atoms with Crippen LogP contribution in [0.15, 0.2) is 60.7 Å². The van der Waals surface area contributed by atoms with Gasteiger partial charge in [0.1, 0.15) is 11.9 Å². The van der Waals surface area contributed by atoms with Gasteiger partial charge in [-0.15, -0.1) is 0 Å². The summed E-state index contributed by atoms with van der Waals surface area (Å²) < 4.78 is 16.9. The molecule has 1 unspecified atom stereocenters. The van der Waals surface area contributed by atoms with Crippen LogP contribution < -0.4 is 4.52 Å². The van der Waals surface area contributed by atoms with Crippen molar-refractivity contribution in [3.05, 3.63) is 66.2 Å². The second-order valence-corrected chi connectivity index (χ2v) is 5.76. The van der Waals surface area contributed by atoms with Crippen LogP contribution in [0, 0.1) is 0 Å². The topological polar surface area (TPSA) is 63.6 Å². The Labute approximate surface area is 139 Å². The zero-order valence-corrected chi connectivity index (χ0v) is 11.0. The van der Waals surface area contributed by atoms with Crippen LogP contribution in [0.1, 0.15) is 10.4 Å². The fourth-order valence-electron chi connectivity index (χ4n) is 1.58. The van der Waals surface area contributed by atoms with Gasteiger partial charge < -0.3 is 9.42 Å². The van der Waals surface area contributed by atoms with Gasteiger partial charge in [0.05, 0.1) is 0 Å². The molecule has 0 heterocycles. The Balaban J connectivity index is 0.00000200. The van der Waals surface area contributed by atoms with Crippen molar-refractivity contribution in [3.63, 3.8) is 0 Å². The molecule has 0 aliphatic carbocycles. The third-order valence-electron chi connectivity index (χ3n) is 2.43. The Morgan fingerprint density at radius 2 is 1.50 bits per heavy atom. The van der Waals surface area contributed by atoms with Crippen LogP contribution in [-0.4, -0.2) is 46.4 Å². The van der Waals surface area contributed by atoms with E-state index in [-0.39, 0.29) is 35.3 Å². The Hall–Kier alpha value is -0.900. The first kappa shape index (κ1) is 17.2. The van der Waals surface area contributed by atoms with Gasteiger partial charge in [0.25, 0.3) is 0 Å². The van der Waals surface area contributed by atoms with Crippen molar-refractivity contribution in [2.75, 3.05) is 6.16 Å². The van der Waals surface area contributed by atoms with Crippen molar-refractivity contribution in [2.24, 2.45) is 0 Å². The molecule has 0 fully saturated rings. The summed E-state index contributed by atoms with van der Waals surface area (Å²) in [6.45, 7) is 0. The van der Waals surface area contributed by atoms with E-state index in [1.165, 1.54) is 0 Å². The van der Waals surface area contributed by atoms with E-state index in [0.29, 0.717) is 5.56 Å². The molecule has 1 atom stereocenters. The first-order valence-corrected chi connectivity index (χ1v) is 7.48. The van der Waals surface area contributed by atoms with Gasteiger partial charge in [-0.1, -0.05) is 48.5 Å². The molecule has 20 heavy (non-hydrogen) atoms. The molecule has 1 N–H and O–H groups in total. The molecule has 0 amide bonds. The van der Waals surface area contributed by atoms with Crippen molar-refractivity contribution in [3.8, 4) is 5.75 Å². The number of carbonyl (C=O) groups is 1. The number of benzene rings is 2. The molecule has 6 heteroatoms. The van der Waals surface area contributed by atoms with E-state index in [1.54, 1.807) is 60.7 Å². The summed E-state index contributed by atoms with van der Waals surface area (Å²) in [6.07, 6.45) is -0.536. The Kier molecular flexibility index (Phi) is 6.66. The molecule has 0 spiro atoms. The maximum absolute atomic E-state index is 11.9. The normalized spacial score (nSPS) is 12.8. The van der Waals surface area contributed by atoms with Crippen LogP contribution in [0.4, 0.5) is 0 Å². The van der Waals surface area contributed by atoms with E-state index in [1.807, 2.05) is 0 Å². The zero-order valence-electron chi connectivity index (χ0n) is 10.1. The average molecular weight is 300 g/mol. The fourth-order valence-corrected chi connectivity index (χ4v) is 2.64. The van der Waals surface area contributed by atoms with Crippen LogP contribution >= 0.6 is 7.60 Å². The van der Waals surface area contributed by atoms with E-state index >= 15 is 0 Å². The first-order valence-electron chi connectivity index (χ1n) is 5.71. The van der Waals surface area contributed by atoms with Crippen LogP contribution in [0.25, 0.3) is 0 Å². The summed E-state index contributed by atoms with van der Waals surface area (Å²) in [6, 6.07) is 16.7. The molecule has 100 valence electrons. The van der Waals surface area contributed by atoms with Crippen LogP contribution in [-0.2, 0) is 4.57 Å². The quantitative estimate of drug-likeness (QED) is 0.523.